The molecule has 0 fully saturated rings. The van der Waals surface area contributed by atoms with Gasteiger partial charge in [0.05, 0.1) is 7.11 Å². The van der Waals surface area contributed by atoms with E-state index in [9.17, 15) is 23.4 Å². The number of hydrogen-bond acceptors (Lipinski definition) is 3. The summed E-state index contributed by atoms with van der Waals surface area (Å²) >= 11 is 0. The highest BCUT2D eigenvalue weighted by Crippen LogP contribution is 2.44. The zero-order chi connectivity index (χ0) is 12.6. The monoisotopic (exact) mass is 236 g/mol. The zero-order valence-corrected chi connectivity index (χ0v) is 8.67. The van der Waals surface area contributed by atoms with E-state index in [2.05, 4.69) is 4.74 Å². The third-order valence-electron chi connectivity index (χ3n) is 2.30. The normalized spacial score (nSPS) is 15.6. The van der Waals surface area contributed by atoms with E-state index in [0.29, 0.717) is 6.92 Å². The second-order valence-corrected chi connectivity index (χ2v) is 3.43. The standard InChI is InChI=1S/C10H11F3O3/c1-9(15,10(11,12)13)6-4-3-5-7(16-2)8(6)14/h3-5,14-15H,1-2H3. The van der Waals surface area contributed by atoms with Crippen LogP contribution in [-0.4, -0.2) is 23.5 Å². The number of alkyl halides is 3. The first kappa shape index (κ1) is 12.6. The Hall–Kier alpha value is -1.43. The summed E-state index contributed by atoms with van der Waals surface area (Å²) < 4.78 is 42.3. The van der Waals surface area contributed by atoms with E-state index in [0.717, 1.165) is 6.07 Å². The summed E-state index contributed by atoms with van der Waals surface area (Å²) in [4.78, 5) is 0. The molecule has 6 heteroatoms. The minimum absolute atomic E-state index is 0.123. The van der Waals surface area contributed by atoms with Gasteiger partial charge in [-0.1, -0.05) is 12.1 Å². The molecular formula is C10H11F3O3. The average molecular weight is 236 g/mol. The van der Waals surface area contributed by atoms with E-state index in [1.165, 1.54) is 19.2 Å². The Labute approximate surface area is 90.1 Å². The number of phenols is 1. The lowest BCUT2D eigenvalue weighted by atomic mass is 9.94. The van der Waals surface area contributed by atoms with Crippen molar-refractivity contribution in [2.45, 2.75) is 18.7 Å². The summed E-state index contributed by atoms with van der Waals surface area (Å²) in [5.41, 5.74) is -3.76. The third kappa shape index (κ3) is 1.92. The van der Waals surface area contributed by atoms with Crippen molar-refractivity contribution in [3.05, 3.63) is 23.8 Å². The van der Waals surface area contributed by atoms with Crippen LogP contribution in [0.3, 0.4) is 0 Å². The van der Waals surface area contributed by atoms with Gasteiger partial charge in [0, 0.05) is 5.56 Å². The molecule has 0 amide bonds. The van der Waals surface area contributed by atoms with E-state index in [1.807, 2.05) is 0 Å². The lowest BCUT2D eigenvalue weighted by Gasteiger charge is -2.27. The number of methoxy groups -OCH3 is 1. The lowest BCUT2D eigenvalue weighted by Crippen LogP contribution is -2.39. The maximum absolute atomic E-state index is 12.5. The van der Waals surface area contributed by atoms with Gasteiger partial charge in [-0.25, -0.2) is 0 Å². The molecule has 0 heterocycles. The Morgan fingerprint density at radius 1 is 1.25 bits per heavy atom. The van der Waals surface area contributed by atoms with Crippen LogP contribution in [0.1, 0.15) is 12.5 Å². The number of halogens is 3. The number of benzene rings is 1. The van der Waals surface area contributed by atoms with Crippen LogP contribution in [-0.2, 0) is 5.60 Å². The fraction of sp³-hybridized carbons (Fsp3) is 0.400. The van der Waals surface area contributed by atoms with Gasteiger partial charge in [-0.05, 0) is 13.0 Å². The van der Waals surface area contributed by atoms with Gasteiger partial charge < -0.3 is 14.9 Å². The first-order valence-electron chi connectivity index (χ1n) is 4.37. The highest BCUT2D eigenvalue weighted by Gasteiger charge is 2.52. The molecule has 0 radical (unpaired) electrons. The van der Waals surface area contributed by atoms with Crippen molar-refractivity contribution < 1.29 is 28.1 Å². The fourth-order valence-electron chi connectivity index (χ4n) is 1.23. The lowest BCUT2D eigenvalue weighted by molar-refractivity contribution is -0.259. The predicted octanol–water partition coefficient (Wildman–Crippen LogP) is 2.17. The third-order valence-corrected chi connectivity index (χ3v) is 2.30. The molecule has 0 aliphatic rings. The number of aromatic hydroxyl groups is 1. The number of rotatable bonds is 2. The number of phenolic OH excluding ortho intramolecular Hbond substituents is 1. The fourth-order valence-corrected chi connectivity index (χ4v) is 1.23. The van der Waals surface area contributed by atoms with Crippen LogP contribution in [0.2, 0.25) is 0 Å². The zero-order valence-electron chi connectivity index (χ0n) is 8.67. The van der Waals surface area contributed by atoms with Crippen molar-refractivity contribution >= 4 is 0 Å². The smallest absolute Gasteiger partial charge is 0.421 e. The van der Waals surface area contributed by atoms with Crippen LogP contribution in [0.25, 0.3) is 0 Å². The van der Waals surface area contributed by atoms with Crippen molar-refractivity contribution in [2.75, 3.05) is 7.11 Å². The van der Waals surface area contributed by atoms with E-state index in [1.54, 1.807) is 0 Å². The largest absolute Gasteiger partial charge is 0.504 e. The molecule has 90 valence electrons. The van der Waals surface area contributed by atoms with Crippen LogP contribution >= 0.6 is 0 Å². The minimum Gasteiger partial charge on any atom is -0.504 e. The molecular weight excluding hydrogens is 225 g/mol. The van der Waals surface area contributed by atoms with Crippen molar-refractivity contribution in [3.63, 3.8) is 0 Å². The maximum Gasteiger partial charge on any atom is 0.421 e. The number of ether oxygens (including phenoxy) is 1. The van der Waals surface area contributed by atoms with Gasteiger partial charge in [0.1, 0.15) is 0 Å². The van der Waals surface area contributed by atoms with Gasteiger partial charge in [-0.3, -0.25) is 0 Å². The van der Waals surface area contributed by atoms with Crippen LogP contribution in [0.5, 0.6) is 11.5 Å². The first-order valence-corrected chi connectivity index (χ1v) is 4.37. The van der Waals surface area contributed by atoms with Crippen molar-refractivity contribution in [1.82, 2.24) is 0 Å². The molecule has 0 spiro atoms. The van der Waals surface area contributed by atoms with E-state index in [4.69, 9.17) is 0 Å². The molecule has 0 aliphatic carbocycles. The van der Waals surface area contributed by atoms with Gasteiger partial charge in [-0.15, -0.1) is 0 Å². The molecule has 0 aliphatic heterocycles. The highest BCUT2D eigenvalue weighted by atomic mass is 19.4. The minimum atomic E-state index is -4.88. The molecule has 2 N–H and O–H groups in total. The van der Waals surface area contributed by atoms with Crippen molar-refractivity contribution in [3.8, 4) is 11.5 Å². The summed E-state index contributed by atoms with van der Waals surface area (Å²) in [6.45, 7) is 0.571. The van der Waals surface area contributed by atoms with Gasteiger partial charge in [0.2, 0.25) is 0 Å². The SMILES string of the molecule is COc1cccc(C(C)(O)C(F)(F)F)c1O. The van der Waals surface area contributed by atoms with Crippen molar-refractivity contribution in [2.24, 2.45) is 0 Å². The average Bonchev–Trinajstić information content (AvgIpc) is 2.16. The van der Waals surface area contributed by atoms with Crippen LogP contribution in [0.4, 0.5) is 13.2 Å². The molecule has 0 bridgehead atoms. The summed E-state index contributed by atoms with van der Waals surface area (Å²) in [6, 6.07) is 3.55. The first-order chi connectivity index (χ1) is 7.21. The van der Waals surface area contributed by atoms with E-state index >= 15 is 0 Å². The number of para-hydroxylation sites is 1. The van der Waals surface area contributed by atoms with Crippen LogP contribution < -0.4 is 4.74 Å². The van der Waals surface area contributed by atoms with Gasteiger partial charge in [-0.2, -0.15) is 13.2 Å². The summed E-state index contributed by atoms with van der Waals surface area (Å²) in [5.74, 6) is -0.839. The molecule has 1 unspecified atom stereocenters. The molecule has 0 aromatic heterocycles. The van der Waals surface area contributed by atoms with Crippen LogP contribution in [0, 0.1) is 0 Å². The van der Waals surface area contributed by atoms with Gasteiger partial charge >= 0.3 is 6.18 Å². The molecule has 0 saturated heterocycles. The predicted molar refractivity (Wildman–Crippen MR) is 50.3 cm³/mol. The van der Waals surface area contributed by atoms with Crippen LogP contribution in [0.15, 0.2) is 18.2 Å². The van der Waals surface area contributed by atoms with E-state index < -0.39 is 23.1 Å². The topological polar surface area (TPSA) is 49.7 Å². The molecule has 1 atom stereocenters. The van der Waals surface area contributed by atoms with Crippen molar-refractivity contribution in [1.29, 1.82) is 0 Å². The van der Waals surface area contributed by atoms with E-state index in [-0.39, 0.29) is 5.75 Å². The Bertz CT molecular complexity index is 385. The maximum atomic E-state index is 12.5. The van der Waals surface area contributed by atoms with Gasteiger partial charge in [0.15, 0.2) is 17.1 Å². The molecule has 0 saturated carbocycles. The second-order valence-electron chi connectivity index (χ2n) is 3.43. The summed E-state index contributed by atoms with van der Waals surface area (Å²) in [6.07, 6.45) is -4.88. The Morgan fingerprint density at radius 3 is 2.25 bits per heavy atom. The Morgan fingerprint density at radius 2 is 1.81 bits per heavy atom. The number of hydrogen-bond donors (Lipinski definition) is 2. The Kier molecular flexibility index (Phi) is 3.05. The molecule has 16 heavy (non-hydrogen) atoms. The number of aliphatic hydroxyl groups is 1. The Balaban J connectivity index is 3.34. The summed E-state index contributed by atoms with van der Waals surface area (Å²) in [5, 5.41) is 18.9. The molecule has 1 aromatic carbocycles. The molecule has 3 nitrogen and oxygen atoms in total. The highest BCUT2D eigenvalue weighted by molar-refractivity contribution is 5.48. The molecule has 1 rings (SSSR count). The van der Waals surface area contributed by atoms with Gasteiger partial charge in [0.25, 0.3) is 0 Å². The molecule has 1 aromatic rings. The quantitative estimate of drug-likeness (QED) is 0.827. The second kappa shape index (κ2) is 3.86. The summed E-state index contributed by atoms with van der Waals surface area (Å²) in [7, 11) is 1.21.